The number of carbonyl (C=O) groups is 1. The van der Waals surface area contributed by atoms with Crippen molar-refractivity contribution in [1.29, 1.82) is 0 Å². The molecule has 0 unspecified atom stereocenters. The fourth-order valence-corrected chi connectivity index (χ4v) is 5.47. The molecule has 0 atom stereocenters. The molecule has 4 rings (SSSR count). The van der Waals surface area contributed by atoms with E-state index in [1.807, 2.05) is 13.0 Å². The van der Waals surface area contributed by atoms with Gasteiger partial charge in [-0.2, -0.15) is 0 Å². The lowest BCUT2D eigenvalue weighted by molar-refractivity contribution is -0.122. The topological polar surface area (TPSA) is 112 Å². The number of ketones is 1. The van der Waals surface area contributed by atoms with E-state index in [0.717, 1.165) is 5.56 Å². The SMILES string of the molecule is CCOc1cncc(-c2ccc(CC(=O)C(C)(C)c3ccnc(CS(=O)(=O)C4CC4)n3)c(Cl)c2)n1. The number of rotatable bonds is 10. The van der Waals surface area contributed by atoms with Crippen molar-refractivity contribution in [3.63, 3.8) is 0 Å². The Kier molecular flexibility index (Phi) is 7.19. The Labute approximate surface area is 210 Å². The van der Waals surface area contributed by atoms with Crippen molar-refractivity contribution >= 4 is 27.2 Å². The van der Waals surface area contributed by atoms with Gasteiger partial charge in [0.15, 0.2) is 9.84 Å². The zero-order valence-electron chi connectivity index (χ0n) is 19.9. The molecule has 1 aliphatic carbocycles. The zero-order valence-corrected chi connectivity index (χ0v) is 21.4. The monoisotopic (exact) mass is 514 g/mol. The molecule has 0 amide bonds. The highest BCUT2D eigenvalue weighted by molar-refractivity contribution is 7.91. The summed E-state index contributed by atoms with van der Waals surface area (Å²) in [5.74, 6) is 0.334. The summed E-state index contributed by atoms with van der Waals surface area (Å²) in [4.78, 5) is 30.4. The summed E-state index contributed by atoms with van der Waals surface area (Å²) in [6.07, 6.45) is 6.15. The van der Waals surface area contributed by atoms with Gasteiger partial charge in [0, 0.05) is 23.2 Å². The van der Waals surface area contributed by atoms with Gasteiger partial charge in [0.25, 0.3) is 0 Å². The maximum absolute atomic E-state index is 13.3. The van der Waals surface area contributed by atoms with E-state index < -0.39 is 15.3 Å². The minimum Gasteiger partial charge on any atom is -0.477 e. The summed E-state index contributed by atoms with van der Waals surface area (Å²) in [6.45, 7) is 5.90. The third-order valence-electron chi connectivity index (χ3n) is 6.01. The number of ether oxygens (including phenoxy) is 1. The van der Waals surface area contributed by atoms with Crippen LogP contribution in [0.3, 0.4) is 0 Å². The number of halogens is 1. The Balaban J connectivity index is 1.51. The number of hydrogen-bond donors (Lipinski definition) is 0. The average Bonchev–Trinajstić information content (AvgIpc) is 3.67. The van der Waals surface area contributed by atoms with Gasteiger partial charge in [-0.1, -0.05) is 23.7 Å². The second-order valence-electron chi connectivity index (χ2n) is 9.07. The second kappa shape index (κ2) is 9.99. The van der Waals surface area contributed by atoms with Crippen molar-refractivity contribution in [2.24, 2.45) is 0 Å². The predicted molar refractivity (Wildman–Crippen MR) is 133 cm³/mol. The van der Waals surface area contributed by atoms with Gasteiger partial charge in [-0.3, -0.25) is 9.78 Å². The number of aromatic nitrogens is 4. The lowest BCUT2D eigenvalue weighted by atomic mass is 9.81. The molecule has 0 bridgehead atoms. The number of sulfone groups is 1. The van der Waals surface area contributed by atoms with Gasteiger partial charge in [-0.25, -0.2) is 23.4 Å². The number of benzene rings is 1. The Bertz CT molecular complexity index is 1360. The highest BCUT2D eigenvalue weighted by Gasteiger charge is 2.37. The Morgan fingerprint density at radius 2 is 1.94 bits per heavy atom. The van der Waals surface area contributed by atoms with Crippen LogP contribution < -0.4 is 4.74 Å². The third kappa shape index (κ3) is 5.85. The minimum atomic E-state index is -3.25. The lowest BCUT2D eigenvalue weighted by Gasteiger charge is -2.23. The predicted octanol–water partition coefficient (Wildman–Crippen LogP) is 4.15. The first kappa shape index (κ1) is 25.2. The zero-order chi connectivity index (χ0) is 25.2. The first-order valence-corrected chi connectivity index (χ1v) is 13.5. The normalized spacial score (nSPS) is 14.1. The third-order valence-corrected chi connectivity index (χ3v) is 8.51. The molecule has 1 saturated carbocycles. The van der Waals surface area contributed by atoms with Gasteiger partial charge >= 0.3 is 0 Å². The summed E-state index contributed by atoms with van der Waals surface area (Å²) >= 11 is 6.53. The van der Waals surface area contributed by atoms with E-state index in [1.165, 1.54) is 6.20 Å². The van der Waals surface area contributed by atoms with E-state index in [-0.39, 0.29) is 29.0 Å². The Hall–Kier alpha value is -2.91. The fourth-order valence-electron chi connectivity index (χ4n) is 3.63. The summed E-state index contributed by atoms with van der Waals surface area (Å²) in [6, 6.07) is 7.05. The highest BCUT2D eigenvalue weighted by atomic mass is 35.5. The smallest absolute Gasteiger partial charge is 0.232 e. The molecule has 0 radical (unpaired) electrons. The molecule has 1 aliphatic rings. The molecule has 0 aliphatic heterocycles. The van der Waals surface area contributed by atoms with E-state index >= 15 is 0 Å². The van der Waals surface area contributed by atoms with Crippen LogP contribution in [0, 0.1) is 0 Å². The first-order chi connectivity index (χ1) is 16.6. The van der Waals surface area contributed by atoms with Crippen molar-refractivity contribution in [2.75, 3.05) is 6.61 Å². The second-order valence-corrected chi connectivity index (χ2v) is 11.8. The molecular formula is C25H27ClN4O4S. The van der Waals surface area contributed by atoms with Crippen LogP contribution in [-0.4, -0.2) is 46.0 Å². The molecule has 0 saturated heterocycles. The first-order valence-electron chi connectivity index (χ1n) is 11.4. The van der Waals surface area contributed by atoms with Gasteiger partial charge in [-0.15, -0.1) is 0 Å². The van der Waals surface area contributed by atoms with E-state index in [4.69, 9.17) is 16.3 Å². The van der Waals surface area contributed by atoms with E-state index in [1.54, 1.807) is 44.4 Å². The number of hydrogen-bond acceptors (Lipinski definition) is 8. The molecule has 1 aromatic carbocycles. The van der Waals surface area contributed by atoms with Crippen LogP contribution in [0.2, 0.25) is 5.02 Å². The fraction of sp³-hybridized carbons (Fsp3) is 0.400. The standard InChI is InChI=1S/C25H27ClN4O4S/c1-4-34-24-14-27-13-20(29-24)17-6-5-16(19(26)11-17)12-22(31)25(2,3)21-9-10-28-23(30-21)15-35(32,33)18-7-8-18/h5-6,9-11,13-14,18H,4,7-8,12,15H2,1-3H3. The van der Waals surface area contributed by atoms with Crippen molar-refractivity contribution in [1.82, 2.24) is 19.9 Å². The molecular weight excluding hydrogens is 488 g/mol. The molecule has 35 heavy (non-hydrogen) atoms. The summed E-state index contributed by atoms with van der Waals surface area (Å²) < 4.78 is 30.1. The van der Waals surface area contributed by atoms with Crippen LogP contribution in [0.25, 0.3) is 11.3 Å². The minimum absolute atomic E-state index is 0.0937. The van der Waals surface area contributed by atoms with Crippen molar-refractivity contribution in [3.8, 4) is 17.1 Å². The van der Waals surface area contributed by atoms with Crippen LogP contribution in [0.15, 0.2) is 42.9 Å². The van der Waals surface area contributed by atoms with Gasteiger partial charge in [-0.05, 0) is 51.3 Å². The van der Waals surface area contributed by atoms with Crippen molar-refractivity contribution < 1.29 is 17.9 Å². The van der Waals surface area contributed by atoms with Gasteiger partial charge < -0.3 is 4.74 Å². The molecule has 184 valence electrons. The van der Waals surface area contributed by atoms with Gasteiger partial charge in [0.05, 0.1) is 41.1 Å². The Morgan fingerprint density at radius 3 is 2.63 bits per heavy atom. The lowest BCUT2D eigenvalue weighted by Crippen LogP contribution is -2.32. The van der Waals surface area contributed by atoms with Crippen molar-refractivity contribution in [2.45, 2.75) is 56.5 Å². The van der Waals surface area contributed by atoms with E-state index in [2.05, 4.69) is 19.9 Å². The quantitative estimate of drug-likeness (QED) is 0.396. The number of carbonyl (C=O) groups excluding carboxylic acids is 1. The highest BCUT2D eigenvalue weighted by Crippen LogP contribution is 2.32. The van der Waals surface area contributed by atoms with Crippen LogP contribution in [0.4, 0.5) is 0 Å². The summed E-state index contributed by atoms with van der Waals surface area (Å²) in [5, 5.41) is 0.149. The Morgan fingerprint density at radius 1 is 1.17 bits per heavy atom. The van der Waals surface area contributed by atoms with Crippen LogP contribution in [0.1, 0.15) is 50.7 Å². The van der Waals surface area contributed by atoms with E-state index in [0.29, 0.717) is 47.3 Å². The molecule has 2 aromatic heterocycles. The summed E-state index contributed by atoms with van der Waals surface area (Å²) in [7, 11) is -3.25. The summed E-state index contributed by atoms with van der Waals surface area (Å²) in [5.41, 5.74) is 1.57. The molecule has 0 spiro atoms. The largest absolute Gasteiger partial charge is 0.477 e. The average molecular weight is 515 g/mol. The van der Waals surface area contributed by atoms with Gasteiger partial charge in [0.2, 0.25) is 5.88 Å². The molecule has 8 nitrogen and oxygen atoms in total. The molecule has 0 N–H and O–H groups in total. The van der Waals surface area contributed by atoms with Crippen LogP contribution >= 0.6 is 11.6 Å². The number of nitrogens with zero attached hydrogens (tertiary/aromatic N) is 4. The van der Waals surface area contributed by atoms with Crippen molar-refractivity contribution in [3.05, 3.63) is 65.0 Å². The van der Waals surface area contributed by atoms with Gasteiger partial charge in [0.1, 0.15) is 17.4 Å². The molecule has 10 heteroatoms. The van der Waals surface area contributed by atoms with E-state index in [9.17, 15) is 13.2 Å². The molecule has 3 aromatic rings. The van der Waals surface area contributed by atoms with Crippen LogP contribution in [-0.2, 0) is 32.2 Å². The maximum atomic E-state index is 13.3. The number of Topliss-reactive ketones (excluding diaryl/α,β-unsaturated/α-hetero) is 1. The van der Waals surface area contributed by atoms with Crippen LogP contribution in [0.5, 0.6) is 5.88 Å². The maximum Gasteiger partial charge on any atom is 0.232 e. The molecule has 1 fully saturated rings. The molecule has 2 heterocycles.